The summed E-state index contributed by atoms with van der Waals surface area (Å²) in [4.78, 5) is 23.4. The van der Waals surface area contributed by atoms with Crippen LogP contribution in [0.3, 0.4) is 0 Å². The molecule has 1 amide bonds. The maximum atomic E-state index is 11.8. The quantitative estimate of drug-likeness (QED) is 0.763. The van der Waals surface area contributed by atoms with Gasteiger partial charge >= 0.3 is 5.97 Å². The monoisotopic (exact) mass is 318 g/mol. The summed E-state index contributed by atoms with van der Waals surface area (Å²) in [6, 6.07) is 2.97. The minimum atomic E-state index is -0.578. The first kappa shape index (κ1) is 19.0. The number of amides is 1. The highest BCUT2D eigenvalue weighted by Crippen LogP contribution is 2.33. The van der Waals surface area contributed by atoms with E-state index in [4.69, 9.17) is 9.47 Å². The molecule has 118 valence electrons. The molecule has 0 aliphatic carbocycles. The first-order valence-corrected chi connectivity index (χ1v) is 5.86. The maximum absolute atomic E-state index is 11.8. The normalized spacial score (nSPS) is 9.33. The lowest BCUT2D eigenvalue weighted by atomic mass is 10.1. The standard InChI is InChI=1S/C13H18N2O5.ClH/c1-14-7-12(16)15-9-6-11(19-3)10(18-2)5-8(9)13(17)20-4;/h5-6,14H,7H2,1-4H3,(H,15,16);1H. The number of hydrogen-bond donors (Lipinski definition) is 2. The summed E-state index contributed by atoms with van der Waals surface area (Å²) in [7, 11) is 5.83. The molecule has 0 spiro atoms. The Bertz CT molecular complexity index is 508. The number of nitrogens with one attached hydrogen (secondary N) is 2. The number of benzene rings is 1. The number of methoxy groups -OCH3 is 3. The molecule has 7 nitrogen and oxygen atoms in total. The van der Waals surface area contributed by atoms with Crippen LogP contribution in [0.5, 0.6) is 11.5 Å². The predicted octanol–water partition coefficient (Wildman–Crippen LogP) is 1.07. The zero-order chi connectivity index (χ0) is 15.1. The number of hydrogen-bond acceptors (Lipinski definition) is 6. The van der Waals surface area contributed by atoms with Gasteiger partial charge in [-0.05, 0) is 7.05 Å². The Balaban J connectivity index is 0.00000400. The van der Waals surface area contributed by atoms with Crippen molar-refractivity contribution in [2.75, 3.05) is 40.2 Å². The van der Waals surface area contributed by atoms with Crippen molar-refractivity contribution >= 4 is 30.0 Å². The molecule has 0 aliphatic rings. The minimum Gasteiger partial charge on any atom is -0.493 e. The van der Waals surface area contributed by atoms with E-state index in [0.717, 1.165) is 0 Å². The van der Waals surface area contributed by atoms with Crippen molar-refractivity contribution in [2.24, 2.45) is 0 Å². The topological polar surface area (TPSA) is 85.9 Å². The number of carbonyl (C=O) groups excluding carboxylic acids is 2. The van der Waals surface area contributed by atoms with Crippen LogP contribution in [-0.2, 0) is 9.53 Å². The second kappa shape index (κ2) is 9.04. The first-order chi connectivity index (χ1) is 9.57. The molecule has 0 fully saturated rings. The van der Waals surface area contributed by atoms with E-state index >= 15 is 0 Å². The molecule has 0 bridgehead atoms. The summed E-state index contributed by atoms with van der Waals surface area (Å²) in [6.45, 7) is 0.120. The number of likely N-dealkylation sites (N-methyl/N-ethyl adjacent to an activating group) is 1. The van der Waals surface area contributed by atoms with Crippen molar-refractivity contribution in [3.8, 4) is 11.5 Å². The van der Waals surface area contributed by atoms with Gasteiger partial charge in [0.25, 0.3) is 0 Å². The van der Waals surface area contributed by atoms with Gasteiger partial charge in [0.15, 0.2) is 11.5 Å². The van der Waals surface area contributed by atoms with Crippen molar-refractivity contribution in [3.05, 3.63) is 17.7 Å². The zero-order valence-corrected chi connectivity index (χ0v) is 13.1. The van der Waals surface area contributed by atoms with Gasteiger partial charge in [-0.2, -0.15) is 0 Å². The fourth-order valence-electron chi connectivity index (χ4n) is 1.62. The third kappa shape index (κ3) is 4.80. The van der Waals surface area contributed by atoms with Crippen LogP contribution in [0.2, 0.25) is 0 Å². The molecule has 0 radical (unpaired) electrons. The highest BCUT2D eigenvalue weighted by atomic mass is 35.5. The summed E-state index contributed by atoms with van der Waals surface area (Å²) in [5, 5.41) is 5.33. The number of esters is 1. The highest BCUT2D eigenvalue weighted by molar-refractivity contribution is 6.02. The van der Waals surface area contributed by atoms with Crippen LogP contribution in [0.15, 0.2) is 12.1 Å². The van der Waals surface area contributed by atoms with E-state index in [1.165, 1.54) is 33.5 Å². The summed E-state index contributed by atoms with van der Waals surface area (Å²) in [5.74, 6) is -0.0880. The predicted molar refractivity (Wildman–Crippen MR) is 80.7 cm³/mol. The number of ether oxygens (including phenoxy) is 3. The maximum Gasteiger partial charge on any atom is 0.340 e. The lowest BCUT2D eigenvalue weighted by molar-refractivity contribution is -0.115. The van der Waals surface area contributed by atoms with E-state index < -0.39 is 5.97 Å². The van der Waals surface area contributed by atoms with Gasteiger partial charge in [0, 0.05) is 12.1 Å². The van der Waals surface area contributed by atoms with E-state index in [9.17, 15) is 9.59 Å². The van der Waals surface area contributed by atoms with E-state index in [2.05, 4.69) is 15.4 Å². The van der Waals surface area contributed by atoms with Crippen molar-refractivity contribution in [1.29, 1.82) is 0 Å². The Morgan fingerprint density at radius 1 is 1.10 bits per heavy atom. The van der Waals surface area contributed by atoms with Gasteiger partial charge in [-0.1, -0.05) is 0 Å². The molecule has 1 aromatic rings. The van der Waals surface area contributed by atoms with Crippen molar-refractivity contribution in [1.82, 2.24) is 5.32 Å². The highest BCUT2D eigenvalue weighted by Gasteiger charge is 2.18. The molecule has 0 unspecified atom stereocenters. The third-order valence-electron chi connectivity index (χ3n) is 2.54. The molecule has 0 saturated heterocycles. The van der Waals surface area contributed by atoms with Crippen LogP contribution in [0.4, 0.5) is 5.69 Å². The van der Waals surface area contributed by atoms with Crippen molar-refractivity contribution in [3.63, 3.8) is 0 Å². The van der Waals surface area contributed by atoms with Gasteiger partial charge in [-0.3, -0.25) is 4.79 Å². The number of anilines is 1. The lowest BCUT2D eigenvalue weighted by Crippen LogP contribution is -2.26. The molecule has 1 rings (SSSR count). The second-order valence-electron chi connectivity index (χ2n) is 3.82. The Morgan fingerprint density at radius 3 is 2.14 bits per heavy atom. The van der Waals surface area contributed by atoms with Crippen LogP contribution >= 0.6 is 12.4 Å². The van der Waals surface area contributed by atoms with Gasteiger partial charge in [0.05, 0.1) is 39.1 Å². The van der Waals surface area contributed by atoms with Crippen LogP contribution in [-0.4, -0.2) is 46.8 Å². The number of carbonyl (C=O) groups is 2. The molecule has 0 aliphatic heterocycles. The number of rotatable bonds is 6. The van der Waals surface area contributed by atoms with Crippen LogP contribution in [0, 0.1) is 0 Å². The Labute approximate surface area is 129 Å². The van der Waals surface area contributed by atoms with Gasteiger partial charge < -0.3 is 24.8 Å². The van der Waals surface area contributed by atoms with Crippen molar-refractivity contribution < 1.29 is 23.8 Å². The molecule has 0 heterocycles. The third-order valence-corrected chi connectivity index (χ3v) is 2.54. The van der Waals surface area contributed by atoms with Gasteiger partial charge in [-0.15, -0.1) is 12.4 Å². The molecule has 8 heteroatoms. The van der Waals surface area contributed by atoms with Crippen molar-refractivity contribution in [2.45, 2.75) is 0 Å². The molecule has 1 aromatic carbocycles. The number of halogens is 1. The first-order valence-electron chi connectivity index (χ1n) is 5.86. The van der Waals surface area contributed by atoms with Crippen LogP contribution in [0.1, 0.15) is 10.4 Å². The zero-order valence-electron chi connectivity index (χ0n) is 12.3. The van der Waals surface area contributed by atoms with E-state index in [0.29, 0.717) is 17.2 Å². The summed E-state index contributed by atoms with van der Waals surface area (Å²) in [5.41, 5.74) is 0.490. The summed E-state index contributed by atoms with van der Waals surface area (Å²) < 4.78 is 15.0. The molecule has 0 aromatic heterocycles. The Hall–Kier alpha value is -1.99. The van der Waals surface area contributed by atoms with Gasteiger partial charge in [0.1, 0.15) is 0 Å². The van der Waals surface area contributed by atoms with E-state index in [1.54, 1.807) is 7.05 Å². The average Bonchev–Trinajstić information content (AvgIpc) is 2.46. The lowest BCUT2D eigenvalue weighted by Gasteiger charge is -2.14. The molecule has 0 atom stereocenters. The van der Waals surface area contributed by atoms with E-state index in [-0.39, 0.29) is 30.4 Å². The van der Waals surface area contributed by atoms with E-state index in [1.807, 2.05) is 0 Å². The largest absolute Gasteiger partial charge is 0.493 e. The Kier molecular flexibility index (Phi) is 8.18. The summed E-state index contributed by atoms with van der Waals surface area (Å²) >= 11 is 0. The van der Waals surface area contributed by atoms with Gasteiger partial charge in [0.2, 0.25) is 5.91 Å². The minimum absolute atomic E-state index is 0. The molecular formula is C13H19ClN2O5. The van der Waals surface area contributed by atoms with Crippen LogP contribution in [0.25, 0.3) is 0 Å². The molecular weight excluding hydrogens is 300 g/mol. The SMILES string of the molecule is CNCC(=O)Nc1cc(OC)c(OC)cc1C(=O)OC.Cl. The fourth-order valence-corrected chi connectivity index (χ4v) is 1.62. The molecule has 2 N–H and O–H groups in total. The molecule has 21 heavy (non-hydrogen) atoms. The Morgan fingerprint density at radius 2 is 1.67 bits per heavy atom. The molecule has 0 saturated carbocycles. The van der Waals surface area contributed by atoms with Gasteiger partial charge in [-0.25, -0.2) is 4.79 Å². The second-order valence-corrected chi connectivity index (χ2v) is 3.82. The average molecular weight is 319 g/mol. The smallest absolute Gasteiger partial charge is 0.340 e. The van der Waals surface area contributed by atoms with Crippen LogP contribution < -0.4 is 20.1 Å². The fraction of sp³-hybridized carbons (Fsp3) is 0.385. The summed E-state index contributed by atoms with van der Waals surface area (Å²) in [6.07, 6.45) is 0.